The van der Waals surface area contributed by atoms with Crippen LogP contribution in [-0.4, -0.2) is 11.6 Å². The Morgan fingerprint density at radius 2 is 0.731 bits per heavy atom. The van der Waals surface area contributed by atoms with Gasteiger partial charge in [-0.15, -0.1) is 0 Å². The lowest BCUT2D eigenvalue weighted by Crippen LogP contribution is -2.02. The first-order valence-electron chi connectivity index (χ1n) is 21.7. The summed E-state index contributed by atoms with van der Waals surface area (Å²) in [4.78, 5) is 26.3. The predicted molar refractivity (Wildman–Crippen MR) is 226 cm³/mol. The Balaban J connectivity index is 1.15. The summed E-state index contributed by atoms with van der Waals surface area (Å²) in [6, 6.07) is 25.5. The number of carbonyl (C=O) groups excluding carboxylic acids is 2. The van der Waals surface area contributed by atoms with Crippen molar-refractivity contribution in [2.24, 2.45) is 0 Å². The number of Topliss-reactive ketones (excluding diaryl/α,β-unsaturated/α-hetero) is 2. The first kappa shape index (κ1) is 41.5. The summed E-state index contributed by atoms with van der Waals surface area (Å²) < 4.78 is 0. The van der Waals surface area contributed by atoms with Crippen LogP contribution in [0.15, 0.2) is 72.8 Å². The zero-order valence-electron chi connectivity index (χ0n) is 33.1. The second kappa shape index (κ2) is 24.9. The normalized spacial score (nSPS) is 11.5. The standard InChI is InChI=1S/C50H70O2/c1-3-5-7-9-11-13-15-17-19-21-27-41-29-25-31-43-39-45(35-37-47(41)43)49(51)33-23-24-34-50(52)46-36-38-48-42(30-26-32-44(48)40-46)28-22-20-18-16-14-12-10-8-6-4-2/h25-26,29-32,35-40H,3-24,27-28,33-34H2,1-2H3. The fraction of sp³-hybridized carbons (Fsp3) is 0.560. The van der Waals surface area contributed by atoms with Crippen LogP contribution in [0.3, 0.4) is 0 Å². The van der Waals surface area contributed by atoms with Gasteiger partial charge in [-0.1, -0.05) is 190 Å². The maximum Gasteiger partial charge on any atom is 0.162 e. The van der Waals surface area contributed by atoms with Crippen molar-refractivity contribution in [3.05, 3.63) is 95.1 Å². The summed E-state index contributed by atoms with van der Waals surface area (Å²) in [5.41, 5.74) is 4.37. The Labute approximate surface area is 317 Å². The van der Waals surface area contributed by atoms with E-state index in [4.69, 9.17) is 0 Å². The number of hydrogen-bond donors (Lipinski definition) is 0. The van der Waals surface area contributed by atoms with Crippen molar-refractivity contribution in [3.8, 4) is 0 Å². The van der Waals surface area contributed by atoms with Crippen LogP contribution < -0.4 is 0 Å². The van der Waals surface area contributed by atoms with Crippen molar-refractivity contribution in [1.29, 1.82) is 0 Å². The fourth-order valence-corrected chi connectivity index (χ4v) is 7.95. The van der Waals surface area contributed by atoms with Crippen LogP contribution in [0.4, 0.5) is 0 Å². The third-order valence-corrected chi connectivity index (χ3v) is 11.2. The highest BCUT2D eigenvalue weighted by Gasteiger charge is 2.12. The molecule has 4 aromatic carbocycles. The van der Waals surface area contributed by atoms with Gasteiger partial charge in [-0.05, 0) is 83.3 Å². The highest BCUT2D eigenvalue weighted by Crippen LogP contribution is 2.26. The van der Waals surface area contributed by atoms with E-state index < -0.39 is 0 Å². The minimum atomic E-state index is 0.176. The van der Waals surface area contributed by atoms with Gasteiger partial charge in [-0.2, -0.15) is 0 Å². The molecule has 52 heavy (non-hydrogen) atoms. The number of ketones is 2. The smallest absolute Gasteiger partial charge is 0.162 e. The Morgan fingerprint density at radius 1 is 0.385 bits per heavy atom. The second-order valence-electron chi connectivity index (χ2n) is 15.6. The summed E-state index contributed by atoms with van der Waals surface area (Å²) in [5.74, 6) is 0.352. The van der Waals surface area contributed by atoms with Crippen molar-refractivity contribution in [3.63, 3.8) is 0 Å². The molecule has 0 bridgehead atoms. The van der Waals surface area contributed by atoms with Gasteiger partial charge in [-0.25, -0.2) is 0 Å². The minimum Gasteiger partial charge on any atom is -0.294 e. The van der Waals surface area contributed by atoms with Crippen molar-refractivity contribution in [1.82, 2.24) is 0 Å². The number of carbonyl (C=O) groups is 2. The number of rotatable bonds is 29. The van der Waals surface area contributed by atoms with Gasteiger partial charge in [0.25, 0.3) is 0 Å². The molecule has 2 nitrogen and oxygen atoms in total. The molecule has 0 amide bonds. The first-order chi connectivity index (χ1) is 25.6. The monoisotopic (exact) mass is 703 g/mol. The van der Waals surface area contributed by atoms with Crippen molar-refractivity contribution < 1.29 is 9.59 Å². The summed E-state index contributed by atoms with van der Waals surface area (Å²) in [7, 11) is 0. The first-order valence-corrected chi connectivity index (χ1v) is 21.7. The van der Waals surface area contributed by atoms with Crippen LogP contribution in [-0.2, 0) is 12.8 Å². The quantitative estimate of drug-likeness (QED) is 0.0417. The van der Waals surface area contributed by atoms with Crippen molar-refractivity contribution >= 4 is 33.1 Å². The van der Waals surface area contributed by atoms with Gasteiger partial charge in [0.1, 0.15) is 0 Å². The van der Waals surface area contributed by atoms with E-state index >= 15 is 0 Å². The molecule has 0 aliphatic carbocycles. The number of benzene rings is 4. The van der Waals surface area contributed by atoms with E-state index in [0.717, 1.165) is 47.6 Å². The van der Waals surface area contributed by atoms with Gasteiger partial charge in [0.05, 0.1) is 0 Å². The van der Waals surface area contributed by atoms with Crippen LogP contribution >= 0.6 is 0 Å². The van der Waals surface area contributed by atoms with Crippen LogP contribution in [0, 0.1) is 0 Å². The van der Waals surface area contributed by atoms with Crippen LogP contribution in [0.2, 0.25) is 0 Å². The summed E-state index contributed by atoms with van der Waals surface area (Å²) >= 11 is 0. The van der Waals surface area contributed by atoms with Gasteiger partial charge in [0.2, 0.25) is 0 Å². The second-order valence-corrected chi connectivity index (χ2v) is 15.6. The lowest BCUT2D eigenvalue weighted by Gasteiger charge is -2.09. The van der Waals surface area contributed by atoms with Crippen molar-refractivity contribution in [2.45, 2.75) is 181 Å². The van der Waals surface area contributed by atoms with Gasteiger partial charge in [-0.3, -0.25) is 9.59 Å². The number of fused-ring (bicyclic) bond motifs is 2. The molecule has 282 valence electrons. The van der Waals surface area contributed by atoms with E-state index in [0.29, 0.717) is 12.8 Å². The molecular formula is C50H70O2. The average Bonchev–Trinajstić information content (AvgIpc) is 3.17. The molecule has 0 aromatic heterocycles. The number of hydrogen-bond acceptors (Lipinski definition) is 2. The molecule has 0 aliphatic rings. The van der Waals surface area contributed by atoms with E-state index in [1.807, 2.05) is 12.1 Å². The SMILES string of the molecule is CCCCCCCCCCCCc1cccc2cc(C(=O)CCCCC(=O)c3ccc4c(CCCCCCCCCCCC)cccc4c3)ccc12. The molecule has 0 radical (unpaired) electrons. The van der Waals surface area contributed by atoms with E-state index in [1.54, 1.807) is 0 Å². The highest BCUT2D eigenvalue weighted by atomic mass is 16.1. The molecule has 0 aliphatic heterocycles. The number of unbranched alkanes of at least 4 members (excludes halogenated alkanes) is 19. The Morgan fingerprint density at radius 3 is 1.10 bits per heavy atom. The summed E-state index contributed by atoms with van der Waals surface area (Å²) in [6.45, 7) is 4.56. The molecule has 4 rings (SSSR count). The Hall–Kier alpha value is -3.26. The fourth-order valence-electron chi connectivity index (χ4n) is 7.95. The molecule has 2 heteroatoms. The molecule has 4 aromatic rings. The Kier molecular flexibility index (Phi) is 19.9. The predicted octanol–water partition coefficient (Wildman–Crippen LogP) is 15.5. The van der Waals surface area contributed by atoms with Crippen LogP contribution in [0.25, 0.3) is 21.5 Å². The maximum absolute atomic E-state index is 13.1. The number of aryl methyl sites for hydroxylation is 2. The molecule has 0 saturated heterocycles. The minimum absolute atomic E-state index is 0.176. The van der Waals surface area contributed by atoms with Gasteiger partial charge >= 0.3 is 0 Å². The van der Waals surface area contributed by atoms with Gasteiger partial charge in [0, 0.05) is 24.0 Å². The zero-order chi connectivity index (χ0) is 36.6. The lowest BCUT2D eigenvalue weighted by atomic mass is 9.95. The van der Waals surface area contributed by atoms with E-state index in [9.17, 15) is 9.59 Å². The largest absolute Gasteiger partial charge is 0.294 e. The third-order valence-electron chi connectivity index (χ3n) is 11.2. The summed E-state index contributed by atoms with van der Waals surface area (Å²) in [6.07, 6.45) is 31.7. The molecule has 0 saturated carbocycles. The highest BCUT2D eigenvalue weighted by molar-refractivity contribution is 6.01. The van der Waals surface area contributed by atoms with E-state index in [1.165, 1.54) is 150 Å². The molecule has 0 atom stereocenters. The molecule has 0 N–H and O–H groups in total. The van der Waals surface area contributed by atoms with Gasteiger partial charge in [0.15, 0.2) is 11.6 Å². The van der Waals surface area contributed by atoms with Gasteiger partial charge < -0.3 is 0 Å². The van der Waals surface area contributed by atoms with Crippen molar-refractivity contribution in [2.75, 3.05) is 0 Å². The molecule has 0 unspecified atom stereocenters. The van der Waals surface area contributed by atoms with Crippen LogP contribution in [0.5, 0.6) is 0 Å². The molecule has 0 heterocycles. The van der Waals surface area contributed by atoms with E-state index in [2.05, 4.69) is 74.5 Å². The molecular weight excluding hydrogens is 633 g/mol. The molecule has 0 spiro atoms. The topological polar surface area (TPSA) is 34.1 Å². The summed E-state index contributed by atoms with van der Waals surface area (Å²) in [5, 5.41) is 4.88. The Bertz CT molecular complexity index is 1490. The van der Waals surface area contributed by atoms with E-state index in [-0.39, 0.29) is 11.6 Å². The lowest BCUT2D eigenvalue weighted by molar-refractivity contribution is 0.0955. The maximum atomic E-state index is 13.1. The third kappa shape index (κ3) is 14.6. The zero-order valence-corrected chi connectivity index (χ0v) is 33.1. The molecule has 0 fully saturated rings. The average molecular weight is 703 g/mol. The van der Waals surface area contributed by atoms with Crippen LogP contribution in [0.1, 0.15) is 200 Å².